The van der Waals surface area contributed by atoms with Crippen molar-refractivity contribution in [3.63, 3.8) is 0 Å². The Morgan fingerprint density at radius 2 is 2.50 bits per heavy atom. The lowest BCUT2D eigenvalue weighted by atomic mass is 10.2. The minimum absolute atomic E-state index is 0.00227. The van der Waals surface area contributed by atoms with Crippen LogP contribution in [0.2, 0.25) is 0 Å². The minimum atomic E-state index is -0.849. The number of carbonyl (C=O) groups is 1. The standard InChI is InChI=1S/C8H13NO3/c1-12-6-4-7-3-2-5-9(7)8(10)11/h4,6-7H,2-3,5H2,1H3,(H,10,11)/b6-4+. The first-order chi connectivity index (χ1) is 5.75. The molecule has 0 bridgehead atoms. The van der Waals surface area contributed by atoms with E-state index >= 15 is 0 Å². The largest absolute Gasteiger partial charge is 0.505 e. The van der Waals surface area contributed by atoms with Crippen molar-refractivity contribution >= 4 is 6.09 Å². The van der Waals surface area contributed by atoms with Crippen LogP contribution in [0, 0.1) is 0 Å². The summed E-state index contributed by atoms with van der Waals surface area (Å²) in [6.45, 7) is 0.633. The fourth-order valence-electron chi connectivity index (χ4n) is 1.40. The molecule has 0 aliphatic carbocycles. The van der Waals surface area contributed by atoms with Gasteiger partial charge in [0, 0.05) is 6.54 Å². The number of amides is 1. The molecule has 1 saturated heterocycles. The third-order valence-corrected chi connectivity index (χ3v) is 1.98. The molecule has 4 heteroatoms. The maximum Gasteiger partial charge on any atom is 0.407 e. The van der Waals surface area contributed by atoms with Crippen molar-refractivity contribution in [3.05, 3.63) is 12.3 Å². The number of hydrogen-bond acceptors (Lipinski definition) is 2. The average molecular weight is 171 g/mol. The van der Waals surface area contributed by atoms with Crippen LogP contribution in [-0.4, -0.2) is 35.8 Å². The Morgan fingerprint density at radius 3 is 3.08 bits per heavy atom. The first-order valence-corrected chi connectivity index (χ1v) is 3.94. The van der Waals surface area contributed by atoms with Crippen LogP contribution in [0.3, 0.4) is 0 Å². The number of hydrogen-bond donors (Lipinski definition) is 1. The van der Waals surface area contributed by atoms with Gasteiger partial charge in [-0.2, -0.15) is 0 Å². The second kappa shape index (κ2) is 3.99. The maximum absolute atomic E-state index is 10.6. The van der Waals surface area contributed by atoms with E-state index < -0.39 is 6.09 Å². The third-order valence-electron chi connectivity index (χ3n) is 1.98. The Hall–Kier alpha value is -1.19. The zero-order valence-electron chi connectivity index (χ0n) is 7.06. The van der Waals surface area contributed by atoms with Gasteiger partial charge in [-0.1, -0.05) is 0 Å². The van der Waals surface area contributed by atoms with Crippen LogP contribution >= 0.6 is 0 Å². The fourth-order valence-corrected chi connectivity index (χ4v) is 1.40. The Balaban J connectivity index is 2.52. The molecule has 0 aromatic rings. The number of rotatable bonds is 2. The molecule has 0 aromatic heterocycles. The highest BCUT2D eigenvalue weighted by atomic mass is 16.5. The molecule has 1 heterocycles. The Bertz CT molecular complexity index is 191. The van der Waals surface area contributed by atoms with E-state index in [9.17, 15) is 4.79 Å². The number of nitrogens with zero attached hydrogens (tertiary/aromatic N) is 1. The summed E-state index contributed by atoms with van der Waals surface area (Å²) in [4.78, 5) is 12.1. The van der Waals surface area contributed by atoms with Gasteiger partial charge < -0.3 is 14.7 Å². The van der Waals surface area contributed by atoms with Crippen molar-refractivity contribution in [2.75, 3.05) is 13.7 Å². The van der Waals surface area contributed by atoms with E-state index in [0.717, 1.165) is 12.8 Å². The van der Waals surface area contributed by atoms with Gasteiger partial charge in [0.15, 0.2) is 0 Å². The van der Waals surface area contributed by atoms with Crippen LogP contribution in [-0.2, 0) is 4.74 Å². The molecule has 0 saturated carbocycles. The van der Waals surface area contributed by atoms with Crippen molar-refractivity contribution in [2.45, 2.75) is 18.9 Å². The predicted octanol–water partition coefficient (Wildman–Crippen LogP) is 1.29. The summed E-state index contributed by atoms with van der Waals surface area (Å²) in [5.41, 5.74) is 0. The first-order valence-electron chi connectivity index (χ1n) is 3.94. The summed E-state index contributed by atoms with van der Waals surface area (Å²) >= 11 is 0. The lowest BCUT2D eigenvalue weighted by Gasteiger charge is -2.17. The van der Waals surface area contributed by atoms with E-state index in [-0.39, 0.29) is 6.04 Å². The molecule has 4 nitrogen and oxygen atoms in total. The summed E-state index contributed by atoms with van der Waals surface area (Å²) < 4.78 is 4.73. The molecule has 1 atom stereocenters. The normalized spacial score (nSPS) is 23.4. The van der Waals surface area contributed by atoms with Gasteiger partial charge in [0.1, 0.15) is 0 Å². The van der Waals surface area contributed by atoms with Crippen LogP contribution < -0.4 is 0 Å². The van der Waals surface area contributed by atoms with Gasteiger partial charge in [-0.25, -0.2) is 4.79 Å². The number of carboxylic acid groups (broad SMARTS) is 1. The topological polar surface area (TPSA) is 49.8 Å². The van der Waals surface area contributed by atoms with Crippen LogP contribution in [0.15, 0.2) is 12.3 Å². The van der Waals surface area contributed by atoms with Gasteiger partial charge in [-0.3, -0.25) is 0 Å². The van der Waals surface area contributed by atoms with E-state index in [1.54, 1.807) is 13.2 Å². The van der Waals surface area contributed by atoms with Crippen molar-refractivity contribution in [3.8, 4) is 0 Å². The smallest absolute Gasteiger partial charge is 0.407 e. The van der Waals surface area contributed by atoms with Crippen molar-refractivity contribution < 1.29 is 14.6 Å². The molecule has 1 rings (SSSR count). The number of ether oxygens (including phenoxy) is 1. The lowest BCUT2D eigenvalue weighted by molar-refractivity contribution is 0.147. The van der Waals surface area contributed by atoms with E-state index in [1.807, 2.05) is 0 Å². The Labute approximate surface area is 71.4 Å². The van der Waals surface area contributed by atoms with Crippen LogP contribution in [0.1, 0.15) is 12.8 Å². The molecule has 1 unspecified atom stereocenters. The zero-order valence-corrected chi connectivity index (χ0v) is 7.06. The lowest BCUT2D eigenvalue weighted by Crippen LogP contribution is -2.32. The summed E-state index contributed by atoms with van der Waals surface area (Å²) in [5, 5.41) is 8.73. The van der Waals surface area contributed by atoms with Crippen LogP contribution in [0.4, 0.5) is 4.79 Å². The Morgan fingerprint density at radius 1 is 1.75 bits per heavy atom. The third kappa shape index (κ3) is 1.90. The highest BCUT2D eigenvalue weighted by molar-refractivity contribution is 5.66. The maximum atomic E-state index is 10.6. The average Bonchev–Trinajstić information content (AvgIpc) is 2.48. The van der Waals surface area contributed by atoms with E-state index in [0.29, 0.717) is 6.54 Å². The van der Waals surface area contributed by atoms with Gasteiger partial charge in [-0.15, -0.1) is 0 Å². The molecule has 0 spiro atoms. The monoisotopic (exact) mass is 171 g/mol. The minimum Gasteiger partial charge on any atom is -0.505 e. The van der Waals surface area contributed by atoms with E-state index in [1.165, 1.54) is 11.2 Å². The molecular weight excluding hydrogens is 158 g/mol. The second-order valence-corrected chi connectivity index (χ2v) is 2.75. The molecule has 1 N–H and O–H groups in total. The van der Waals surface area contributed by atoms with Gasteiger partial charge in [0.05, 0.1) is 19.4 Å². The molecule has 0 aromatic carbocycles. The molecule has 0 radical (unpaired) electrons. The molecule has 1 aliphatic heterocycles. The molecule has 1 amide bonds. The van der Waals surface area contributed by atoms with Gasteiger partial charge in [0.25, 0.3) is 0 Å². The number of methoxy groups -OCH3 is 1. The van der Waals surface area contributed by atoms with Gasteiger partial charge in [0.2, 0.25) is 0 Å². The van der Waals surface area contributed by atoms with Crippen molar-refractivity contribution in [2.24, 2.45) is 0 Å². The summed E-state index contributed by atoms with van der Waals surface area (Å²) in [5.74, 6) is 0. The van der Waals surface area contributed by atoms with E-state index in [2.05, 4.69) is 0 Å². The highest BCUT2D eigenvalue weighted by Crippen LogP contribution is 2.17. The Kier molecular flexibility index (Phi) is 2.96. The molecule has 12 heavy (non-hydrogen) atoms. The molecular formula is C8H13NO3. The van der Waals surface area contributed by atoms with Gasteiger partial charge >= 0.3 is 6.09 Å². The predicted molar refractivity (Wildman–Crippen MR) is 43.9 cm³/mol. The first kappa shape index (κ1) is 8.90. The second-order valence-electron chi connectivity index (χ2n) is 2.75. The molecule has 1 fully saturated rings. The SMILES string of the molecule is CO/C=C/C1CCCN1C(=O)O. The highest BCUT2D eigenvalue weighted by Gasteiger charge is 2.26. The van der Waals surface area contributed by atoms with Crippen molar-refractivity contribution in [1.82, 2.24) is 4.90 Å². The fraction of sp³-hybridized carbons (Fsp3) is 0.625. The summed E-state index contributed by atoms with van der Waals surface area (Å²) in [6.07, 6.45) is 4.29. The summed E-state index contributed by atoms with van der Waals surface area (Å²) in [6, 6.07) is 0.00227. The van der Waals surface area contributed by atoms with Gasteiger partial charge in [-0.05, 0) is 18.9 Å². The van der Waals surface area contributed by atoms with Crippen molar-refractivity contribution in [1.29, 1.82) is 0 Å². The molecule has 1 aliphatic rings. The summed E-state index contributed by atoms with van der Waals surface area (Å²) in [7, 11) is 1.55. The molecule has 68 valence electrons. The van der Waals surface area contributed by atoms with Crippen LogP contribution in [0.25, 0.3) is 0 Å². The quantitative estimate of drug-likeness (QED) is 0.637. The number of likely N-dealkylation sites (tertiary alicyclic amines) is 1. The van der Waals surface area contributed by atoms with E-state index in [4.69, 9.17) is 9.84 Å². The zero-order chi connectivity index (χ0) is 8.97. The van der Waals surface area contributed by atoms with Crippen LogP contribution in [0.5, 0.6) is 0 Å².